The van der Waals surface area contributed by atoms with Crippen LogP contribution in [0.4, 0.5) is 11.4 Å². The molecule has 0 radical (unpaired) electrons. The smallest absolute Gasteiger partial charge is 0.0956 e. The van der Waals surface area contributed by atoms with Crippen molar-refractivity contribution < 1.29 is 0 Å². The van der Waals surface area contributed by atoms with E-state index in [0.29, 0.717) is 0 Å². The molecule has 2 heterocycles. The Kier molecular flexibility index (Phi) is 2.21. The number of fused-ring (bicyclic) bond motifs is 3. The molecule has 1 aromatic carbocycles. The van der Waals surface area contributed by atoms with Gasteiger partial charge < -0.3 is 5.32 Å². The number of benzene rings is 1. The number of nitrogens with one attached hydrogen (secondary N) is 1. The molecule has 0 saturated carbocycles. The summed E-state index contributed by atoms with van der Waals surface area (Å²) in [6.45, 7) is 1.06. The first kappa shape index (κ1) is 8.97. The van der Waals surface area contributed by atoms with Gasteiger partial charge in [0.1, 0.15) is 0 Å². The molecule has 0 fully saturated rings. The maximum absolute atomic E-state index is 4.18. The fourth-order valence-electron chi connectivity index (χ4n) is 2.01. The highest BCUT2D eigenvalue weighted by Gasteiger charge is 2.15. The van der Waals surface area contributed by atoms with Gasteiger partial charge in [-0.15, -0.1) is 9.63 Å². The second-order valence-electron chi connectivity index (χ2n) is 3.65. The van der Waals surface area contributed by atoms with Crippen LogP contribution in [-0.4, -0.2) is 6.54 Å². The minimum atomic E-state index is 0.962. The molecule has 76 valence electrons. The number of anilines is 1. The van der Waals surface area contributed by atoms with E-state index in [1.165, 1.54) is 35.2 Å². The number of rotatable bonds is 0. The maximum Gasteiger partial charge on any atom is 0.0956 e. The SMILES string of the molecule is C1=Cc2c(ccc3c2NCCC3)N=NS1. The standard InChI is InChI=1S/C11H11N3S/c1-2-8-3-4-10-9(11(8)12-6-1)5-7-15-14-13-10/h3-5,7,12H,1-2,6H2. The van der Waals surface area contributed by atoms with Crippen LogP contribution in [0.1, 0.15) is 17.5 Å². The van der Waals surface area contributed by atoms with Crippen LogP contribution in [-0.2, 0) is 6.42 Å². The second kappa shape index (κ2) is 3.70. The molecule has 4 heteroatoms. The summed E-state index contributed by atoms with van der Waals surface area (Å²) < 4.78 is 3.99. The normalized spacial score (nSPS) is 17.6. The van der Waals surface area contributed by atoms with Crippen LogP contribution in [0.15, 0.2) is 27.2 Å². The lowest BCUT2D eigenvalue weighted by molar-refractivity contribution is 0.829. The predicted molar refractivity (Wildman–Crippen MR) is 64.4 cm³/mol. The summed E-state index contributed by atoms with van der Waals surface area (Å²) >= 11 is 1.37. The van der Waals surface area contributed by atoms with Crippen LogP contribution in [0.2, 0.25) is 0 Å². The van der Waals surface area contributed by atoms with Gasteiger partial charge in [-0.25, -0.2) is 0 Å². The Morgan fingerprint density at radius 3 is 3.33 bits per heavy atom. The minimum absolute atomic E-state index is 0.962. The third-order valence-electron chi connectivity index (χ3n) is 2.72. The lowest BCUT2D eigenvalue weighted by Gasteiger charge is -2.20. The largest absolute Gasteiger partial charge is 0.384 e. The van der Waals surface area contributed by atoms with Crippen molar-refractivity contribution in [3.8, 4) is 0 Å². The van der Waals surface area contributed by atoms with Gasteiger partial charge in [0.05, 0.1) is 5.69 Å². The van der Waals surface area contributed by atoms with Crippen LogP contribution in [0.3, 0.4) is 0 Å². The molecule has 1 aromatic rings. The minimum Gasteiger partial charge on any atom is -0.384 e. The van der Waals surface area contributed by atoms with Crippen LogP contribution in [0, 0.1) is 0 Å². The van der Waals surface area contributed by atoms with Crippen LogP contribution in [0.5, 0.6) is 0 Å². The summed E-state index contributed by atoms with van der Waals surface area (Å²) in [5.41, 5.74) is 4.79. The molecular weight excluding hydrogens is 206 g/mol. The van der Waals surface area contributed by atoms with Gasteiger partial charge in [0.2, 0.25) is 0 Å². The van der Waals surface area contributed by atoms with Crippen molar-refractivity contribution in [2.24, 2.45) is 9.63 Å². The molecule has 2 aliphatic rings. The number of nitrogens with zero attached hydrogens (tertiary/aromatic N) is 2. The molecule has 15 heavy (non-hydrogen) atoms. The Balaban J connectivity index is 2.21. The molecule has 0 aromatic heterocycles. The molecule has 3 nitrogen and oxygen atoms in total. The molecule has 2 aliphatic heterocycles. The van der Waals surface area contributed by atoms with Crippen molar-refractivity contribution in [3.05, 3.63) is 28.7 Å². The number of aryl methyl sites for hydroxylation is 1. The molecule has 0 saturated heterocycles. The highest BCUT2D eigenvalue weighted by Crippen LogP contribution is 2.37. The first-order valence-corrected chi connectivity index (χ1v) is 5.92. The van der Waals surface area contributed by atoms with E-state index in [4.69, 9.17) is 0 Å². The Labute approximate surface area is 92.8 Å². The van der Waals surface area contributed by atoms with Crippen LogP contribution in [0.25, 0.3) is 6.08 Å². The fraction of sp³-hybridized carbons (Fsp3) is 0.273. The molecule has 0 bridgehead atoms. The summed E-state index contributed by atoms with van der Waals surface area (Å²) in [4.78, 5) is 0. The zero-order valence-corrected chi connectivity index (χ0v) is 9.05. The molecule has 3 rings (SSSR count). The van der Waals surface area contributed by atoms with Gasteiger partial charge in [-0.3, -0.25) is 0 Å². The van der Waals surface area contributed by atoms with Gasteiger partial charge in [-0.05, 0) is 36.0 Å². The Morgan fingerprint density at radius 1 is 1.33 bits per heavy atom. The summed E-state index contributed by atoms with van der Waals surface area (Å²) in [6.07, 6.45) is 4.47. The lowest BCUT2D eigenvalue weighted by Crippen LogP contribution is -2.12. The van der Waals surface area contributed by atoms with E-state index < -0.39 is 0 Å². The predicted octanol–water partition coefficient (Wildman–Crippen LogP) is 3.76. The molecule has 0 unspecified atom stereocenters. The molecule has 0 aliphatic carbocycles. The summed E-state index contributed by atoms with van der Waals surface area (Å²) in [5, 5.41) is 9.61. The Bertz CT molecular complexity index is 451. The van der Waals surface area contributed by atoms with Crippen molar-refractivity contribution in [3.63, 3.8) is 0 Å². The van der Waals surface area contributed by atoms with Crippen LogP contribution < -0.4 is 5.32 Å². The number of hydrogen-bond acceptors (Lipinski definition) is 4. The summed E-state index contributed by atoms with van der Waals surface area (Å²) in [6, 6.07) is 4.21. The monoisotopic (exact) mass is 217 g/mol. The average molecular weight is 217 g/mol. The van der Waals surface area contributed by atoms with E-state index in [1.807, 2.05) is 5.41 Å². The van der Waals surface area contributed by atoms with Crippen molar-refractivity contribution in [1.29, 1.82) is 0 Å². The molecule has 0 atom stereocenters. The molecule has 0 spiro atoms. The van der Waals surface area contributed by atoms with Gasteiger partial charge >= 0.3 is 0 Å². The van der Waals surface area contributed by atoms with Gasteiger partial charge in [0.25, 0.3) is 0 Å². The number of hydrogen-bond donors (Lipinski definition) is 1. The molecule has 0 amide bonds. The fourth-order valence-corrected chi connectivity index (χ4v) is 2.40. The van der Waals surface area contributed by atoms with E-state index in [2.05, 4.69) is 33.2 Å². The van der Waals surface area contributed by atoms with Crippen molar-refractivity contribution in [2.75, 3.05) is 11.9 Å². The van der Waals surface area contributed by atoms with E-state index in [1.54, 1.807) is 0 Å². The second-order valence-corrected chi connectivity index (χ2v) is 4.30. The summed E-state index contributed by atoms with van der Waals surface area (Å²) in [5.74, 6) is 0. The highest BCUT2D eigenvalue weighted by atomic mass is 32.2. The lowest BCUT2D eigenvalue weighted by atomic mass is 9.98. The quantitative estimate of drug-likeness (QED) is 0.672. The first-order chi connectivity index (χ1) is 7.45. The molecular formula is C11H11N3S. The topological polar surface area (TPSA) is 36.8 Å². The van der Waals surface area contributed by atoms with Crippen LogP contribution >= 0.6 is 11.9 Å². The van der Waals surface area contributed by atoms with Crippen molar-refractivity contribution in [2.45, 2.75) is 12.8 Å². The zero-order chi connectivity index (χ0) is 10.1. The summed E-state index contributed by atoms with van der Waals surface area (Å²) in [7, 11) is 0. The highest BCUT2D eigenvalue weighted by molar-refractivity contribution is 8.00. The maximum atomic E-state index is 4.18. The third-order valence-corrected chi connectivity index (χ3v) is 3.16. The third kappa shape index (κ3) is 1.55. The van der Waals surface area contributed by atoms with Gasteiger partial charge in [0.15, 0.2) is 0 Å². The first-order valence-electron chi connectivity index (χ1n) is 5.08. The van der Waals surface area contributed by atoms with E-state index in [0.717, 1.165) is 18.7 Å². The Hall–Kier alpha value is -1.29. The zero-order valence-electron chi connectivity index (χ0n) is 8.23. The average Bonchev–Trinajstić information content (AvgIpc) is 2.54. The van der Waals surface area contributed by atoms with Crippen molar-refractivity contribution >= 4 is 29.4 Å². The van der Waals surface area contributed by atoms with Gasteiger partial charge in [-0.1, -0.05) is 6.07 Å². The van der Waals surface area contributed by atoms with Crippen molar-refractivity contribution in [1.82, 2.24) is 0 Å². The van der Waals surface area contributed by atoms with E-state index in [9.17, 15) is 0 Å². The Morgan fingerprint density at radius 2 is 2.33 bits per heavy atom. The van der Waals surface area contributed by atoms with E-state index in [-0.39, 0.29) is 0 Å². The van der Waals surface area contributed by atoms with Gasteiger partial charge in [-0.2, -0.15) is 0 Å². The molecule has 1 N–H and O–H groups in total. The van der Waals surface area contributed by atoms with E-state index >= 15 is 0 Å². The van der Waals surface area contributed by atoms with Gasteiger partial charge in [0, 0.05) is 29.7 Å².